The Balaban J connectivity index is 2.78. The molecule has 0 spiro atoms. The number of carbonyl (C=O) groups is 1. The standard InChI is InChI=1S/C9H10ClNO3/c10-7-3-1-6(2-4-7)8(5-12)11-9(13)14/h1-4,8,11-12H,5H2,(H,13,14). The molecule has 3 N–H and O–H groups in total. The van der Waals surface area contributed by atoms with Gasteiger partial charge in [-0.1, -0.05) is 23.7 Å². The number of aliphatic hydroxyl groups excluding tert-OH is 1. The topological polar surface area (TPSA) is 69.6 Å². The molecule has 0 saturated carbocycles. The molecule has 0 radical (unpaired) electrons. The maximum atomic E-state index is 10.4. The van der Waals surface area contributed by atoms with E-state index >= 15 is 0 Å². The molecule has 1 rings (SSSR count). The quantitative estimate of drug-likeness (QED) is 0.718. The minimum atomic E-state index is -1.17. The predicted octanol–water partition coefficient (Wildman–Crippen LogP) is 1.64. The third-order valence-corrected chi connectivity index (χ3v) is 2.00. The molecule has 1 unspecified atom stereocenters. The van der Waals surface area contributed by atoms with Crippen LogP contribution in [0.25, 0.3) is 0 Å². The van der Waals surface area contributed by atoms with Crippen LogP contribution in [0.3, 0.4) is 0 Å². The number of nitrogens with one attached hydrogen (secondary N) is 1. The van der Waals surface area contributed by atoms with Gasteiger partial charge in [-0.2, -0.15) is 0 Å². The van der Waals surface area contributed by atoms with Gasteiger partial charge in [-0.15, -0.1) is 0 Å². The number of aliphatic hydroxyl groups is 1. The van der Waals surface area contributed by atoms with E-state index in [1.54, 1.807) is 24.3 Å². The predicted molar refractivity (Wildman–Crippen MR) is 52.4 cm³/mol. The summed E-state index contributed by atoms with van der Waals surface area (Å²) in [7, 11) is 0. The molecule has 0 aliphatic rings. The Bertz CT molecular complexity index is 312. The van der Waals surface area contributed by atoms with E-state index in [-0.39, 0.29) is 6.61 Å². The van der Waals surface area contributed by atoms with Crippen LogP contribution in [0.4, 0.5) is 4.79 Å². The van der Waals surface area contributed by atoms with Crippen LogP contribution in [-0.4, -0.2) is 22.9 Å². The van der Waals surface area contributed by atoms with E-state index < -0.39 is 12.1 Å². The lowest BCUT2D eigenvalue weighted by molar-refractivity contribution is 0.177. The van der Waals surface area contributed by atoms with Crippen molar-refractivity contribution in [1.29, 1.82) is 0 Å². The van der Waals surface area contributed by atoms with Crippen molar-refractivity contribution < 1.29 is 15.0 Å². The molecular formula is C9H10ClNO3. The first-order valence-corrected chi connectivity index (χ1v) is 4.37. The van der Waals surface area contributed by atoms with E-state index in [0.29, 0.717) is 10.6 Å². The maximum absolute atomic E-state index is 10.4. The van der Waals surface area contributed by atoms with Crippen molar-refractivity contribution in [2.45, 2.75) is 6.04 Å². The van der Waals surface area contributed by atoms with E-state index in [2.05, 4.69) is 5.32 Å². The molecule has 5 heteroatoms. The van der Waals surface area contributed by atoms with E-state index in [1.807, 2.05) is 0 Å². The fraction of sp³-hybridized carbons (Fsp3) is 0.222. The van der Waals surface area contributed by atoms with Crippen LogP contribution in [-0.2, 0) is 0 Å². The molecule has 0 heterocycles. The third kappa shape index (κ3) is 2.90. The molecule has 1 aromatic carbocycles. The van der Waals surface area contributed by atoms with Crippen LogP contribution in [0.2, 0.25) is 5.02 Å². The Labute approximate surface area is 86.1 Å². The van der Waals surface area contributed by atoms with Crippen molar-refractivity contribution in [2.24, 2.45) is 0 Å². The number of hydrogen-bond donors (Lipinski definition) is 3. The van der Waals surface area contributed by atoms with Gasteiger partial charge in [-0.05, 0) is 17.7 Å². The van der Waals surface area contributed by atoms with E-state index in [1.165, 1.54) is 0 Å². The summed E-state index contributed by atoms with van der Waals surface area (Å²) in [6, 6.07) is 6.01. The highest BCUT2D eigenvalue weighted by molar-refractivity contribution is 6.30. The van der Waals surface area contributed by atoms with Gasteiger partial charge in [0.2, 0.25) is 0 Å². The molecule has 1 aromatic rings. The summed E-state index contributed by atoms with van der Waals surface area (Å²) in [5, 5.41) is 20.2. The largest absolute Gasteiger partial charge is 0.465 e. The van der Waals surface area contributed by atoms with Gasteiger partial charge in [0.15, 0.2) is 0 Å². The summed E-state index contributed by atoms with van der Waals surface area (Å²) < 4.78 is 0. The van der Waals surface area contributed by atoms with Gasteiger partial charge in [0.1, 0.15) is 0 Å². The molecule has 0 bridgehead atoms. The highest BCUT2D eigenvalue weighted by Gasteiger charge is 2.11. The van der Waals surface area contributed by atoms with E-state index in [0.717, 1.165) is 0 Å². The van der Waals surface area contributed by atoms with Crippen molar-refractivity contribution in [3.8, 4) is 0 Å². The lowest BCUT2D eigenvalue weighted by Gasteiger charge is -2.14. The lowest BCUT2D eigenvalue weighted by atomic mass is 10.1. The second kappa shape index (κ2) is 4.83. The summed E-state index contributed by atoms with van der Waals surface area (Å²) in [4.78, 5) is 10.4. The smallest absolute Gasteiger partial charge is 0.405 e. The molecule has 0 fully saturated rings. The highest BCUT2D eigenvalue weighted by atomic mass is 35.5. The Morgan fingerprint density at radius 1 is 1.43 bits per heavy atom. The normalized spacial score (nSPS) is 12.1. The zero-order chi connectivity index (χ0) is 10.6. The molecular weight excluding hydrogens is 206 g/mol. The van der Waals surface area contributed by atoms with Crippen LogP contribution in [0, 0.1) is 0 Å². The van der Waals surface area contributed by atoms with Crippen molar-refractivity contribution in [3.63, 3.8) is 0 Å². The fourth-order valence-corrected chi connectivity index (χ4v) is 1.20. The van der Waals surface area contributed by atoms with Gasteiger partial charge in [0, 0.05) is 5.02 Å². The average molecular weight is 216 g/mol. The van der Waals surface area contributed by atoms with Gasteiger partial charge in [-0.3, -0.25) is 0 Å². The Hall–Kier alpha value is -1.26. The van der Waals surface area contributed by atoms with E-state index in [4.69, 9.17) is 21.8 Å². The number of halogens is 1. The minimum Gasteiger partial charge on any atom is -0.465 e. The highest BCUT2D eigenvalue weighted by Crippen LogP contribution is 2.15. The molecule has 0 saturated heterocycles. The molecule has 0 aromatic heterocycles. The summed E-state index contributed by atoms with van der Waals surface area (Å²) in [5.74, 6) is 0. The minimum absolute atomic E-state index is 0.284. The first-order valence-electron chi connectivity index (χ1n) is 3.99. The number of carboxylic acid groups (broad SMARTS) is 1. The Kier molecular flexibility index (Phi) is 3.73. The van der Waals surface area contributed by atoms with Crippen LogP contribution in [0.15, 0.2) is 24.3 Å². The van der Waals surface area contributed by atoms with Crippen LogP contribution in [0.1, 0.15) is 11.6 Å². The van der Waals surface area contributed by atoms with Gasteiger partial charge < -0.3 is 15.5 Å². The molecule has 0 aliphatic heterocycles. The summed E-state index contributed by atoms with van der Waals surface area (Å²) in [6.07, 6.45) is -1.17. The molecule has 1 amide bonds. The Morgan fingerprint density at radius 2 is 2.00 bits per heavy atom. The second-order valence-electron chi connectivity index (χ2n) is 2.74. The van der Waals surface area contributed by atoms with Crippen molar-refractivity contribution in [3.05, 3.63) is 34.9 Å². The molecule has 14 heavy (non-hydrogen) atoms. The number of hydrogen-bond acceptors (Lipinski definition) is 2. The average Bonchev–Trinajstić information content (AvgIpc) is 2.15. The third-order valence-electron chi connectivity index (χ3n) is 1.75. The second-order valence-corrected chi connectivity index (χ2v) is 3.17. The van der Waals surface area contributed by atoms with Crippen molar-refractivity contribution >= 4 is 17.7 Å². The van der Waals surface area contributed by atoms with Crippen LogP contribution < -0.4 is 5.32 Å². The molecule has 4 nitrogen and oxygen atoms in total. The molecule has 0 aliphatic carbocycles. The fourth-order valence-electron chi connectivity index (χ4n) is 1.08. The number of benzene rings is 1. The molecule has 1 atom stereocenters. The maximum Gasteiger partial charge on any atom is 0.405 e. The van der Waals surface area contributed by atoms with Gasteiger partial charge in [-0.25, -0.2) is 4.79 Å². The SMILES string of the molecule is O=C(O)NC(CO)c1ccc(Cl)cc1. The Morgan fingerprint density at radius 3 is 2.43 bits per heavy atom. The summed E-state index contributed by atoms with van der Waals surface area (Å²) in [6.45, 7) is -0.284. The van der Waals surface area contributed by atoms with Gasteiger partial charge in [0.05, 0.1) is 12.6 Å². The molecule has 76 valence electrons. The zero-order valence-corrected chi connectivity index (χ0v) is 8.03. The first-order chi connectivity index (χ1) is 6.63. The van der Waals surface area contributed by atoms with E-state index in [9.17, 15) is 4.79 Å². The van der Waals surface area contributed by atoms with Gasteiger partial charge >= 0.3 is 6.09 Å². The number of rotatable bonds is 3. The van der Waals surface area contributed by atoms with Gasteiger partial charge in [0.25, 0.3) is 0 Å². The lowest BCUT2D eigenvalue weighted by Crippen LogP contribution is -2.29. The number of amides is 1. The monoisotopic (exact) mass is 215 g/mol. The van der Waals surface area contributed by atoms with Crippen molar-refractivity contribution in [2.75, 3.05) is 6.61 Å². The summed E-state index contributed by atoms with van der Waals surface area (Å²) >= 11 is 5.67. The zero-order valence-electron chi connectivity index (χ0n) is 7.27. The van der Waals surface area contributed by atoms with Crippen molar-refractivity contribution in [1.82, 2.24) is 5.32 Å². The summed E-state index contributed by atoms with van der Waals surface area (Å²) in [5.41, 5.74) is 0.680. The first kappa shape index (κ1) is 10.8. The van der Waals surface area contributed by atoms with Crippen LogP contribution in [0.5, 0.6) is 0 Å². The van der Waals surface area contributed by atoms with Crippen LogP contribution >= 0.6 is 11.6 Å².